The van der Waals surface area contributed by atoms with Crippen molar-refractivity contribution in [3.05, 3.63) is 35.5 Å². The van der Waals surface area contributed by atoms with Crippen molar-refractivity contribution in [1.29, 1.82) is 0 Å². The molecule has 1 unspecified atom stereocenters. The van der Waals surface area contributed by atoms with Crippen molar-refractivity contribution in [2.75, 3.05) is 6.67 Å². The van der Waals surface area contributed by atoms with E-state index in [1.54, 1.807) is 0 Å². The highest BCUT2D eigenvalue weighted by atomic mass is 35.5. The highest BCUT2D eigenvalue weighted by Crippen LogP contribution is 2.40. The number of hydrogen-bond acceptors (Lipinski definition) is 1. The van der Waals surface area contributed by atoms with E-state index in [2.05, 4.69) is 0 Å². The first-order valence-electron chi connectivity index (χ1n) is 6.59. The maximum atomic E-state index is 12.8. The van der Waals surface area contributed by atoms with E-state index in [0.29, 0.717) is 6.54 Å². The van der Waals surface area contributed by atoms with Crippen LogP contribution in [-0.4, -0.2) is 16.5 Å². The minimum absolute atomic E-state index is 0.240. The standard InChI is InChI=1S/C15H15ClFNO/c16-15(19)11-5-3-7-13-14(11)10-4-1-2-6-12(10)18(13)9-8-17/h1-2,4,6,11H,3,5,7-9H2. The Morgan fingerprint density at radius 3 is 2.95 bits per heavy atom. The van der Waals surface area contributed by atoms with Crippen LogP contribution >= 0.6 is 11.6 Å². The average molecular weight is 280 g/mol. The first-order valence-corrected chi connectivity index (χ1v) is 6.97. The molecule has 4 heteroatoms. The number of nitrogens with zero attached hydrogens (tertiary/aromatic N) is 1. The normalized spacial score (nSPS) is 18.5. The van der Waals surface area contributed by atoms with Crippen molar-refractivity contribution < 1.29 is 9.18 Å². The number of halogens is 2. The topological polar surface area (TPSA) is 22.0 Å². The maximum absolute atomic E-state index is 12.8. The Morgan fingerprint density at radius 1 is 1.42 bits per heavy atom. The Morgan fingerprint density at radius 2 is 2.21 bits per heavy atom. The number of hydrogen-bond donors (Lipinski definition) is 0. The molecule has 1 aromatic carbocycles. The molecule has 0 amide bonds. The number of aromatic nitrogens is 1. The van der Waals surface area contributed by atoms with Crippen LogP contribution in [0.25, 0.3) is 10.9 Å². The van der Waals surface area contributed by atoms with E-state index in [4.69, 9.17) is 11.6 Å². The van der Waals surface area contributed by atoms with Gasteiger partial charge in [0.05, 0.1) is 12.5 Å². The van der Waals surface area contributed by atoms with E-state index in [-0.39, 0.29) is 11.2 Å². The molecule has 1 aliphatic carbocycles. The molecule has 1 heterocycles. The average Bonchev–Trinajstić information content (AvgIpc) is 2.74. The second-order valence-corrected chi connectivity index (χ2v) is 5.34. The highest BCUT2D eigenvalue weighted by Gasteiger charge is 2.30. The number of benzene rings is 1. The minimum Gasteiger partial charge on any atom is -0.342 e. The number of alkyl halides is 1. The lowest BCUT2D eigenvalue weighted by atomic mass is 9.86. The van der Waals surface area contributed by atoms with E-state index in [0.717, 1.165) is 41.4 Å². The van der Waals surface area contributed by atoms with Crippen LogP contribution in [0.4, 0.5) is 4.39 Å². The summed E-state index contributed by atoms with van der Waals surface area (Å²) in [5, 5.41) is 0.744. The Balaban J connectivity index is 2.29. The van der Waals surface area contributed by atoms with E-state index in [1.807, 2.05) is 28.8 Å². The van der Waals surface area contributed by atoms with Crippen LogP contribution in [0.1, 0.15) is 30.0 Å². The van der Waals surface area contributed by atoms with E-state index in [9.17, 15) is 9.18 Å². The molecule has 0 aliphatic heterocycles. The van der Waals surface area contributed by atoms with Gasteiger partial charge in [-0.1, -0.05) is 18.2 Å². The fourth-order valence-corrected chi connectivity index (χ4v) is 3.44. The van der Waals surface area contributed by atoms with Gasteiger partial charge in [-0.05, 0) is 42.5 Å². The summed E-state index contributed by atoms with van der Waals surface area (Å²) in [6.45, 7) is -0.0519. The zero-order valence-corrected chi connectivity index (χ0v) is 11.3. The predicted octanol–water partition coefficient (Wildman–Crippen LogP) is 3.80. The van der Waals surface area contributed by atoms with Gasteiger partial charge in [-0.2, -0.15) is 0 Å². The van der Waals surface area contributed by atoms with E-state index < -0.39 is 6.67 Å². The summed E-state index contributed by atoms with van der Waals surface area (Å²) in [7, 11) is 0. The van der Waals surface area contributed by atoms with Gasteiger partial charge in [0.1, 0.15) is 6.67 Å². The summed E-state index contributed by atoms with van der Waals surface area (Å²) in [5.41, 5.74) is 3.12. The molecule has 1 aromatic heterocycles. The van der Waals surface area contributed by atoms with Crippen molar-refractivity contribution in [2.45, 2.75) is 31.7 Å². The van der Waals surface area contributed by atoms with Crippen molar-refractivity contribution in [1.82, 2.24) is 4.57 Å². The van der Waals surface area contributed by atoms with Gasteiger partial charge in [0, 0.05) is 16.6 Å². The fourth-order valence-electron chi connectivity index (χ4n) is 3.23. The van der Waals surface area contributed by atoms with Crippen LogP contribution in [0, 0.1) is 0 Å². The molecule has 1 atom stereocenters. The van der Waals surface area contributed by atoms with Crippen LogP contribution in [0.3, 0.4) is 0 Å². The number of aryl methyl sites for hydroxylation is 1. The quantitative estimate of drug-likeness (QED) is 0.784. The Hall–Kier alpha value is -1.35. The molecule has 2 nitrogen and oxygen atoms in total. The molecule has 0 bridgehead atoms. The molecule has 100 valence electrons. The largest absolute Gasteiger partial charge is 0.342 e. The van der Waals surface area contributed by atoms with Crippen LogP contribution in [0.15, 0.2) is 24.3 Å². The molecule has 0 saturated carbocycles. The molecule has 0 spiro atoms. The summed E-state index contributed by atoms with van der Waals surface area (Å²) in [6.07, 6.45) is 2.61. The Labute approximate surface area is 116 Å². The molecule has 1 aliphatic rings. The molecule has 0 N–H and O–H groups in total. The van der Waals surface area contributed by atoms with Gasteiger partial charge < -0.3 is 4.57 Å². The van der Waals surface area contributed by atoms with Gasteiger partial charge in [-0.15, -0.1) is 0 Å². The van der Waals surface area contributed by atoms with Gasteiger partial charge in [-0.25, -0.2) is 4.39 Å². The third-order valence-electron chi connectivity index (χ3n) is 3.96. The first kappa shape index (κ1) is 12.7. The third kappa shape index (κ3) is 1.96. The predicted molar refractivity (Wildman–Crippen MR) is 74.5 cm³/mol. The maximum Gasteiger partial charge on any atom is 0.229 e. The molecule has 2 aromatic rings. The monoisotopic (exact) mass is 279 g/mol. The Kier molecular flexibility index (Phi) is 3.31. The SMILES string of the molecule is O=C(Cl)C1CCCc2c1c1ccccc1n2CCF. The number of carbonyl (C=O) groups is 1. The summed E-state index contributed by atoms with van der Waals surface area (Å²) < 4.78 is 14.8. The molecular formula is C15H15ClFNO. The Bertz CT molecular complexity index is 634. The van der Waals surface area contributed by atoms with Crippen LogP contribution in [0.5, 0.6) is 0 Å². The lowest BCUT2D eigenvalue weighted by Crippen LogP contribution is -2.16. The summed E-state index contributed by atoms with van der Waals surface area (Å²) in [6, 6.07) is 7.88. The fraction of sp³-hybridized carbons (Fsp3) is 0.400. The van der Waals surface area contributed by atoms with Crippen LogP contribution < -0.4 is 0 Å². The molecule has 3 rings (SSSR count). The van der Waals surface area contributed by atoms with Crippen molar-refractivity contribution in [3.63, 3.8) is 0 Å². The highest BCUT2D eigenvalue weighted by molar-refractivity contribution is 6.64. The lowest BCUT2D eigenvalue weighted by Gasteiger charge is -2.21. The van der Waals surface area contributed by atoms with Crippen LogP contribution in [0.2, 0.25) is 0 Å². The van der Waals surface area contributed by atoms with Gasteiger partial charge in [0.15, 0.2) is 0 Å². The zero-order chi connectivity index (χ0) is 13.4. The number of rotatable bonds is 3. The smallest absolute Gasteiger partial charge is 0.229 e. The first-order chi connectivity index (χ1) is 9.24. The van der Waals surface area contributed by atoms with Crippen molar-refractivity contribution in [2.24, 2.45) is 0 Å². The van der Waals surface area contributed by atoms with Gasteiger partial charge in [0.2, 0.25) is 5.24 Å². The minimum atomic E-state index is -0.398. The van der Waals surface area contributed by atoms with Crippen molar-refractivity contribution >= 4 is 27.7 Å². The number of fused-ring (bicyclic) bond motifs is 3. The van der Waals surface area contributed by atoms with Crippen LogP contribution in [-0.2, 0) is 17.8 Å². The molecule has 0 fully saturated rings. The second kappa shape index (κ2) is 4.97. The molecule has 0 saturated heterocycles. The third-order valence-corrected chi connectivity index (χ3v) is 4.22. The number of carbonyl (C=O) groups excluding carboxylic acids is 1. The summed E-state index contributed by atoms with van der Waals surface area (Å²) in [5.74, 6) is -0.240. The van der Waals surface area contributed by atoms with Crippen molar-refractivity contribution in [3.8, 4) is 0 Å². The van der Waals surface area contributed by atoms with E-state index >= 15 is 0 Å². The van der Waals surface area contributed by atoms with Gasteiger partial charge in [0.25, 0.3) is 0 Å². The van der Waals surface area contributed by atoms with E-state index in [1.165, 1.54) is 0 Å². The molecular weight excluding hydrogens is 265 g/mol. The lowest BCUT2D eigenvalue weighted by molar-refractivity contribution is -0.113. The second-order valence-electron chi connectivity index (χ2n) is 4.97. The molecule has 0 radical (unpaired) electrons. The van der Waals surface area contributed by atoms with Gasteiger partial charge in [-0.3, -0.25) is 4.79 Å². The van der Waals surface area contributed by atoms with Gasteiger partial charge >= 0.3 is 0 Å². The molecule has 19 heavy (non-hydrogen) atoms. The zero-order valence-electron chi connectivity index (χ0n) is 10.5. The summed E-state index contributed by atoms with van der Waals surface area (Å²) in [4.78, 5) is 11.7. The summed E-state index contributed by atoms with van der Waals surface area (Å²) >= 11 is 5.75. The number of para-hydroxylation sites is 1.